The Kier molecular flexibility index (Phi) is 6.01. The lowest BCUT2D eigenvalue weighted by Gasteiger charge is -2.18. The number of nitrogens with one attached hydrogen (secondary N) is 1. The fourth-order valence-corrected chi connectivity index (χ4v) is 4.72. The van der Waals surface area contributed by atoms with Crippen molar-refractivity contribution in [3.63, 3.8) is 0 Å². The van der Waals surface area contributed by atoms with Crippen LogP contribution < -0.4 is 5.32 Å². The molecule has 2 heterocycles. The minimum atomic E-state index is -0.300. The highest BCUT2D eigenvalue weighted by Crippen LogP contribution is 2.38. The first-order chi connectivity index (χ1) is 14.0. The molecule has 8 heteroatoms. The van der Waals surface area contributed by atoms with Gasteiger partial charge < -0.3 is 9.84 Å². The van der Waals surface area contributed by atoms with E-state index in [1.54, 1.807) is 23.1 Å². The van der Waals surface area contributed by atoms with Gasteiger partial charge in [0.05, 0.1) is 0 Å². The van der Waals surface area contributed by atoms with Gasteiger partial charge in [-0.15, -0.1) is 11.3 Å². The Hall–Kier alpha value is -2.19. The molecule has 0 radical (unpaired) electrons. The number of nitrogens with zero attached hydrogens (tertiary/aromatic N) is 3. The number of carbonyl (C=O) groups is 1. The summed E-state index contributed by atoms with van der Waals surface area (Å²) in [4.78, 5) is 21.7. The van der Waals surface area contributed by atoms with E-state index in [1.165, 1.54) is 0 Å². The van der Waals surface area contributed by atoms with Gasteiger partial charge in [-0.2, -0.15) is 4.98 Å². The summed E-state index contributed by atoms with van der Waals surface area (Å²) in [5.74, 6) is 2.51. The quantitative estimate of drug-likeness (QED) is 0.501. The van der Waals surface area contributed by atoms with E-state index in [9.17, 15) is 4.79 Å². The maximum atomic E-state index is 12.8. The van der Waals surface area contributed by atoms with E-state index in [-0.39, 0.29) is 17.9 Å². The second-order valence-electron chi connectivity index (χ2n) is 7.70. The zero-order chi connectivity index (χ0) is 20.4. The lowest BCUT2D eigenvalue weighted by atomic mass is 10.0. The van der Waals surface area contributed by atoms with E-state index in [0.717, 1.165) is 40.0 Å². The molecule has 1 aromatic carbocycles. The summed E-state index contributed by atoms with van der Waals surface area (Å²) in [6, 6.07) is 7.40. The van der Waals surface area contributed by atoms with Gasteiger partial charge in [0, 0.05) is 28.3 Å². The number of hydrogen-bond acceptors (Lipinski definition) is 7. The number of thiazole rings is 1. The summed E-state index contributed by atoms with van der Waals surface area (Å²) in [6.45, 7) is 6.07. The van der Waals surface area contributed by atoms with Crippen molar-refractivity contribution in [2.45, 2.75) is 55.7 Å². The van der Waals surface area contributed by atoms with Crippen LogP contribution in [0.15, 0.2) is 38.5 Å². The molecule has 29 heavy (non-hydrogen) atoms. The number of hydrogen-bond donors (Lipinski definition) is 1. The van der Waals surface area contributed by atoms with Gasteiger partial charge in [-0.05, 0) is 43.4 Å². The second-order valence-corrected chi connectivity index (χ2v) is 9.78. The molecule has 152 valence electrons. The molecule has 1 saturated carbocycles. The lowest BCUT2D eigenvalue weighted by Crippen LogP contribution is -2.32. The fourth-order valence-electron chi connectivity index (χ4n) is 2.92. The molecule has 0 saturated heterocycles. The first kappa shape index (κ1) is 20.1. The van der Waals surface area contributed by atoms with Gasteiger partial charge in [0.15, 0.2) is 5.82 Å². The summed E-state index contributed by atoms with van der Waals surface area (Å²) in [5.41, 5.74) is 2.83. The van der Waals surface area contributed by atoms with Crippen molar-refractivity contribution >= 4 is 29.0 Å². The van der Waals surface area contributed by atoms with Crippen molar-refractivity contribution in [1.82, 2.24) is 20.4 Å². The van der Waals surface area contributed by atoms with Crippen molar-refractivity contribution < 1.29 is 9.32 Å². The predicted octanol–water partition coefficient (Wildman–Crippen LogP) is 5.13. The molecule has 1 unspecified atom stereocenters. The molecular weight excluding hydrogens is 404 g/mol. The molecule has 0 spiro atoms. The average Bonchev–Trinajstić information content (AvgIpc) is 3.30. The van der Waals surface area contributed by atoms with Gasteiger partial charge >= 0.3 is 0 Å². The summed E-state index contributed by atoms with van der Waals surface area (Å²) < 4.78 is 6.50. The van der Waals surface area contributed by atoms with Crippen molar-refractivity contribution in [2.24, 2.45) is 5.92 Å². The average molecular weight is 429 g/mol. The van der Waals surface area contributed by atoms with Crippen molar-refractivity contribution in [3.05, 3.63) is 58.2 Å². The summed E-state index contributed by atoms with van der Waals surface area (Å²) in [7, 11) is 0. The predicted molar refractivity (Wildman–Crippen MR) is 114 cm³/mol. The number of benzene rings is 1. The SMILES string of the molecule is Cc1csc(SCc2ccc(C(=O)NC(c3nc(C4CC4)no3)C(C)C)cc2)n1. The molecule has 1 N–H and O–H groups in total. The number of aromatic nitrogens is 3. The minimum absolute atomic E-state index is 0.135. The first-order valence-corrected chi connectivity index (χ1v) is 11.6. The molecule has 1 fully saturated rings. The number of thioether (sulfide) groups is 1. The maximum absolute atomic E-state index is 12.8. The van der Waals surface area contributed by atoms with Crippen LogP contribution in [0.2, 0.25) is 0 Å². The van der Waals surface area contributed by atoms with Crippen LogP contribution in [0.5, 0.6) is 0 Å². The number of carbonyl (C=O) groups excluding carboxylic acids is 1. The van der Waals surface area contributed by atoms with Gasteiger partial charge in [0.25, 0.3) is 5.91 Å². The number of rotatable bonds is 8. The normalized spacial score (nSPS) is 14.9. The Balaban J connectivity index is 1.38. The first-order valence-electron chi connectivity index (χ1n) is 9.78. The van der Waals surface area contributed by atoms with Crippen LogP contribution >= 0.6 is 23.1 Å². The molecule has 1 atom stereocenters. The Morgan fingerprint density at radius 2 is 2.03 bits per heavy atom. The monoisotopic (exact) mass is 428 g/mol. The van der Waals surface area contributed by atoms with Gasteiger partial charge in [-0.1, -0.05) is 42.9 Å². The molecular formula is C21H24N4O2S2. The third-order valence-corrected chi connectivity index (χ3v) is 7.01. The van der Waals surface area contributed by atoms with Gasteiger partial charge in [-0.25, -0.2) is 4.98 Å². The number of amides is 1. The van der Waals surface area contributed by atoms with Crippen LogP contribution in [-0.2, 0) is 5.75 Å². The smallest absolute Gasteiger partial charge is 0.251 e. The van der Waals surface area contributed by atoms with E-state index in [0.29, 0.717) is 17.4 Å². The Bertz CT molecular complexity index is 977. The highest BCUT2D eigenvalue weighted by molar-refractivity contribution is 8.00. The molecule has 6 nitrogen and oxygen atoms in total. The van der Waals surface area contributed by atoms with Gasteiger partial charge in [0.1, 0.15) is 10.4 Å². The van der Waals surface area contributed by atoms with E-state index in [2.05, 4.69) is 25.8 Å². The zero-order valence-electron chi connectivity index (χ0n) is 16.7. The Morgan fingerprint density at radius 3 is 2.66 bits per heavy atom. The number of aryl methyl sites for hydroxylation is 1. The van der Waals surface area contributed by atoms with E-state index >= 15 is 0 Å². The second kappa shape index (κ2) is 8.67. The molecule has 0 bridgehead atoms. The highest BCUT2D eigenvalue weighted by atomic mass is 32.2. The maximum Gasteiger partial charge on any atom is 0.251 e. The largest absolute Gasteiger partial charge is 0.340 e. The van der Waals surface area contributed by atoms with Crippen molar-refractivity contribution in [2.75, 3.05) is 0 Å². The Labute approximate surface area is 178 Å². The van der Waals surface area contributed by atoms with Crippen LogP contribution in [-0.4, -0.2) is 21.0 Å². The third kappa shape index (κ3) is 5.05. The molecule has 0 aliphatic heterocycles. The van der Waals surface area contributed by atoms with Crippen LogP contribution in [0.3, 0.4) is 0 Å². The van der Waals surface area contributed by atoms with E-state index in [1.807, 2.05) is 45.0 Å². The summed E-state index contributed by atoms with van der Waals surface area (Å²) in [6.07, 6.45) is 2.23. The third-order valence-electron chi connectivity index (χ3n) is 4.80. The van der Waals surface area contributed by atoms with Crippen LogP contribution in [0.25, 0.3) is 0 Å². The topological polar surface area (TPSA) is 80.9 Å². The van der Waals surface area contributed by atoms with E-state index in [4.69, 9.17) is 4.52 Å². The fraction of sp³-hybridized carbons (Fsp3) is 0.429. The molecule has 4 rings (SSSR count). The molecule has 1 amide bonds. The summed E-state index contributed by atoms with van der Waals surface area (Å²) in [5, 5.41) is 9.18. The van der Waals surface area contributed by atoms with Crippen LogP contribution in [0.1, 0.15) is 72.0 Å². The van der Waals surface area contributed by atoms with Crippen LogP contribution in [0, 0.1) is 12.8 Å². The van der Waals surface area contributed by atoms with Crippen molar-refractivity contribution in [1.29, 1.82) is 0 Å². The van der Waals surface area contributed by atoms with Gasteiger partial charge in [-0.3, -0.25) is 4.79 Å². The summed E-state index contributed by atoms with van der Waals surface area (Å²) >= 11 is 3.37. The minimum Gasteiger partial charge on any atom is -0.340 e. The Morgan fingerprint density at radius 1 is 1.28 bits per heavy atom. The zero-order valence-corrected chi connectivity index (χ0v) is 18.3. The molecule has 3 aromatic rings. The molecule has 1 aliphatic carbocycles. The lowest BCUT2D eigenvalue weighted by molar-refractivity contribution is 0.0914. The standard InChI is InChI=1S/C21H24N4O2S2/c1-12(2)17(20-24-18(25-27-20)15-8-9-15)23-19(26)16-6-4-14(5-7-16)11-29-21-22-13(3)10-28-21/h4-7,10,12,15,17H,8-9,11H2,1-3H3,(H,23,26). The van der Waals surface area contributed by atoms with Crippen LogP contribution in [0.4, 0.5) is 0 Å². The molecule has 1 aliphatic rings. The highest BCUT2D eigenvalue weighted by Gasteiger charge is 2.31. The van der Waals surface area contributed by atoms with Gasteiger partial charge in [0.2, 0.25) is 5.89 Å². The van der Waals surface area contributed by atoms with Crippen molar-refractivity contribution in [3.8, 4) is 0 Å². The van der Waals surface area contributed by atoms with E-state index < -0.39 is 0 Å². The molecule has 2 aromatic heterocycles.